The second-order valence-electron chi connectivity index (χ2n) is 2.52. The minimum Gasteiger partial charge on any atom is -0.494 e. The molecule has 0 saturated carbocycles. The zero-order chi connectivity index (χ0) is 7.94. The van der Waals surface area contributed by atoms with Crippen LogP contribution in [0.5, 0.6) is 5.75 Å². The summed E-state index contributed by atoms with van der Waals surface area (Å²) in [5, 5.41) is 0. The number of hydrogen-bond acceptors (Lipinski definition) is 1. The first-order chi connectivity index (χ1) is 5.43. The van der Waals surface area contributed by atoms with Gasteiger partial charge in [-0.1, -0.05) is 31.5 Å². The van der Waals surface area contributed by atoms with E-state index in [9.17, 15) is 0 Å². The molecule has 12 heavy (non-hydrogen) atoms. The standard InChI is InChI=1S/C10H14O.H2O/c1-2-3-9-11-10-7-5-4-6-8-10;/h4-8H,2-3,9H2,1H3;1H2. The number of hydrogen-bond donors (Lipinski definition) is 0. The average Bonchev–Trinajstić information content (AvgIpc) is 2.07. The molecule has 0 radical (unpaired) electrons. The van der Waals surface area contributed by atoms with Crippen molar-refractivity contribution in [2.24, 2.45) is 0 Å². The van der Waals surface area contributed by atoms with Gasteiger partial charge in [0.05, 0.1) is 6.61 Å². The van der Waals surface area contributed by atoms with Crippen LogP contribution < -0.4 is 4.74 Å². The zero-order valence-electron chi connectivity index (χ0n) is 7.42. The van der Waals surface area contributed by atoms with E-state index in [4.69, 9.17) is 4.74 Å². The maximum Gasteiger partial charge on any atom is 0.119 e. The molecule has 0 amide bonds. The summed E-state index contributed by atoms with van der Waals surface area (Å²) in [7, 11) is 0. The second-order valence-corrected chi connectivity index (χ2v) is 2.52. The molecule has 0 bridgehead atoms. The maximum absolute atomic E-state index is 5.45. The van der Waals surface area contributed by atoms with Crippen molar-refractivity contribution in [3.8, 4) is 5.75 Å². The van der Waals surface area contributed by atoms with Gasteiger partial charge in [0.1, 0.15) is 5.75 Å². The molecule has 0 saturated heterocycles. The lowest BCUT2D eigenvalue weighted by Gasteiger charge is -2.03. The maximum atomic E-state index is 5.45. The van der Waals surface area contributed by atoms with Crippen LogP contribution in [0.1, 0.15) is 19.8 Å². The van der Waals surface area contributed by atoms with Crippen molar-refractivity contribution in [1.82, 2.24) is 0 Å². The molecule has 1 rings (SSSR count). The highest BCUT2D eigenvalue weighted by atomic mass is 16.5. The Balaban J connectivity index is 0.00000121. The van der Waals surface area contributed by atoms with Crippen LogP contribution in [-0.2, 0) is 0 Å². The van der Waals surface area contributed by atoms with E-state index in [1.807, 2.05) is 30.3 Å². The van der Waals surface area contributed by atoms with Crippen molar-refractivity contribution in [1.29, 1.82) is 0 Å². The van der Waals surface area contributed by atoms with Crippen LogP contribution in [0.15, 0.2) is 30.3 Å². The number of ether oxygens (including phenoxy) is 1. The molecular formula is C10H16O2. The smallest absolute Gasteiger partial charge is 0.119 e. The highest BCUT2D eigenvalue weighted by molar-refractivity contribution is 5.20. The molecule has 2 heteroatoms. The van der Waals surface area contributed by atoms with E-state index in [1.165, 1.54) is 6.42 Å². The minimum atomic E-state index is 0. The summed E-state index contributed by atoms with van der Waals surface area (Å²) < 4.78 is 5.45. The fraction of sp³-hybridized carbons (Fsp3) is 0.400. The first-order valence-electron chi connectivity index (χ1n) is 4.11. The molecule has 0 spiro atoms. The zero-order valence-corrected chi connectivity index (χ0v) is 7.42. The van der Waals surface area contributed by atoms with E-state index in [0.717, 1.165) is 18.8 Å². The third-order valence-electron chi connectivity index (χ3n) is 1.51. The average molecular weight is 168 g/mol. The van der Waals surface area contributed by atoms with Crippen molar-refractivity contribution < 1.29 is 10.2 Å². The SMILES string of the molecule is CCCCOc1ccccc1.O. The molecule has 0 heterocycles. The molecular weight excluding hydrogens is 152 g/mol. The molecule has 68 valence electrons. The summed E-state index contributed by atoms with van der Waals surface area (Å²) in [6.45, 7) is 2.99. The van der Waals surface area contributed by atoms with Crippen molar-refractivity contribution >= 4 is 0 Å². The van der Waals surface area contributed by atoms with E-state index in [1.54, 1.807) is 0 Å². The lowest BCUT2D eigenvalue weighted by Crippen LogP contribution is -1.95. The lowest BCUT2D eigenvalue weighted by atomic mass is 10.3. The highest BCUT2D eigenvalue weighted by Gasteiger charge is 1.88. The van der Waals surface area contributed by atoms with Gasteiger partial charge in [0.25, 0.3) is 0 Å². The van der Waals surface area contributed by atoms with Gasteiger partial charge in [0.15, 0.2) is 0 Å². The predicted molar refractivity (Wildman–Crippen MR) is 50.5 cm³/mol. The van der Waals surface area contributed by atoms with Gasteiger partial charge in [0.2, 0.25) is 0 Å². The summed E-state index contributed by atoms with van der Waals surface area (Å²) in [5.74, 6) is 0.973. The van der Waals surface area contributed by atoms with Gasteiger partial charge in [0, 0.05) is 0 Å². The van der Waals surface area contributed by atoms with Crippen LogP contribution in [0.4, 0.5) is 0 Å². The summed E-state index contributed by atoms with van der Waals surface area (Å²) in [4.78, 5) is 0. The normalized spacial score (nSPS) is 8.75. The molecule has 0 atom stereocenters. The van der Waals surface area contributed by atoms with E-state index in [-0.39, 0.29) is 5.48 Å². The molecule has 2 N–H and O–H groups in total. The molecule has 0 aliphatic rings. The molecule has 0 unspecified atom stereocenters. The Labute approximate surface area is 73.5 Å². The summed E-state index contributed by atoms with van der Waals surface area (Å²) in [6, 6.07) is 9.93. The van der Waals surface area contributed by atoms with Crippen LogP contribution in [-0.4, -0.2) is 12.1 Å². The van der Waals surface area contributed by atoms with Crippen LogP contribution in [0.2, 0.25) is 0 Å². The Bertz CT molecular complexity index is 184. The first kappa shape index (κ1) is 11.0. The number of unbranched alkanes of at least 4 members (excludes halogenated alkanes) is 1. The molecule has 1 aromatic carbocycles. The molecule has 0 fully saturated rings. The fourth-order valence-corrected chi connectivity index (χ4v) is 0.851. The topological polar surface area (TPSA) is 40.7 Å². The Kier molecular flexibility index (Phi) is 6.11. The van der Waals surface area contributed by atoms with Crippen molar-refractivity contribution in [3.63, 3.8) is 0 Å². The molecule has 1 aromatic rings. The Morgan fingerprint density at radius 2 is 1.83 bits per heavy atom. The molecule has 0 aliphatic heterocycles. The first-order valence-corrected chi connectivity index (χ1v) is 4.11. The van der Waals surface area contributed by atoms with Crippen LogP contribution in [0, 0.1) is 0 Å². The number of para-hydroxylation sites is 1. The van der Waals surface area contributed by atoms with E-state index in [2.05, 4.69) is 6.92 Å². The van der Waals surface area contributed by atoms with Gasteiger partial charge in [-0.15, -0.1) is 0 Å². The van der Waals surface area contributed by atoms with Gasteiger partial charge in [-0.05, 0) is 18.6 Å². The van der Waals surface area contributed by atoms with E-state index < -0.39 is 0 Å². The van der Waals surface area contributed by atoms with Crippen LogP contribution in [0.25, 0.3) is 0 Å². The summed E-state index contributed by atoms with van der Waals surface area (Å²) in [5.41, 5.74) is 0. The minimum absolute atomic E-state index is 0. The third-order valence-corrected chi connectivity index (χ3v) is 1.51. The monoisotopic (exact) mass is 168 g/mol. The van der Waals surface area contributed by atoms with Crippen molar-refractivity contribution in [3.05, 3.63) is 30.3 Å². The molecule has 0 aromatic heterocycles. The second kappa shape index (κ2) is 6.68. The van der Waals surface area contributed by atoms with Gasteiger partial charge < -0.3 is 10.2 Å². The van der Waals surface area contributed by atoms with Gasteiger partial charge >= 0.3 is 0 Å². The summed E-state index contributed by atoms with van der Waals surface area (Å²) >= 11 is 0. The Morgan fingerprint density at radius 1 is 1.17 bits per heavy atom. The van der Waals surface area contributed by atoms with Gasteiger partial charge in [-0.3, -0.25) is 0 Å². The van der Waals surface area contributed by atoms with Crippen LogP contribution in [0.3, 0.4) is 0 Å². The highest BCUT2D eigenvalue weighted by Crippen LogP contribution is 2.08. The van der Waals surface area contributed by atoms with Gasteiger partial charge in [-0.25, -0.2) is 0 Å². The van der Waals surface area contributed by atoms with Crippen molar-refractivity contribution in [2.45, 2.75) is 19.8 Å². The largest absolute Gasteiger partial charge is 0.494 e. The molecule has 2 nitrogen and oxygen atoms in total. The lowest BCUT2D eigenvalue weighted by molar-refractivity contribution is 0.309. The summed E-state index contributed by atoms with van der Waals surface area (Å²) in [6.07, 6.45) is 2.32. The van der Waals surface area contributed by atoms with Crippen LogP contribution >= 0.6 is 0 Å². The number of benzene rings is 1. The third kappa shape index (κ3) is 3.98. The van der Waals surface area contributed by atoms with Crippen molar-refractivity contribution in [2.75, 3.05) is 6.61 Å². The Hall–Kier alpha value is -1.02. The molecule has 0 aliphatic carbocycles. The van der Waals surface area contributed by atoms with E-state index >= 15 is 0 Å². The van der Waals surface area contributed by atoms with Gasteiger partial charge in [-0.2, -0.15) is 0 Å². The Morgan fingerprint density at radius 3 is 2.42 bits per heavy atom. The predicted octanol–water partition coefficient (Wildman–Crippen LogP) is 2.04. The van der Waals surface area contributed by atoms with E-state index in [0.29, 0.717) is 0 Å². The fourth-order valence-electron chi connectivity index (χ4n) is 0.851. The number of rotatable bonds is 4. The quantitative estimate of drug-likeness (QED) is 0.634.